The smallest absolute Gasteiger partial charge is 0.349 e. The van der Waals surface area contributed by atoms with E-state index >= 15 is 0 Å². The quantitative estimate of drug-likeness (QED) is 0.665. The van der Waals surface area contributed by atoms with Gasteiger partial charge in [0.1, 0.15) is 28.0 Å². The van der Waals surface area contributed by atoms with Gasteiger partial charge in [0.2, 0.25) is 0 Å². The molecule has 0 amide bonds. The maximum absolute atomic E-state index is 13.8. The first-order valence-electron chi connectivity index (χ1n) is 6.98. The summed E-state index contributed by atoms with van der Waals surface area (Å²) < 4.78 is 19.6. The van der Waals surface area contributed by atoms with Crippen LogP contribution < -0.4 is 5.56 Å². The Labute approximate surface area is 148 Å². The average molecular weight is 411 g/mol. The van der Waals surface area contributed by atoms with E-state index in [1.807, 2.05) is 0 Å². The average Bonchev–Trinajstić information content (AvgIpc) is 2.83. The summed E-state index contributed by atoms with van der Waals surface area (Å²) in [5, 5.41) is 0.382. The van der Waals surface area contributed by atoms with Crippen LogP contribution in [0.25, 0.3) is 10.2 Å². The van der Waals surface area contributed by atoms with E-state index in [1.165, 1.54) is 6.07 Å². The second kappa shape index (κ2) is 6.45. The fourth-order valence-corrected chi connectivity index (χ4v) is 3.75. The molecular formula is C16H12BrFN2O3S. The Bertz CT molecular complexity index is 1010. The maximum Gasteiger partial charge on any atom is 0.349 e. The fraction of sp³-hybridized carbons (Fsp3) is 0.188. The molecule has 0 spiro atoms. The molecule has 0 saturated heterocycles. The van der Waals surface area contributed by atoms with Gasteiger partial charge in [-0.05, 0) is 31.5 Å². The molecule has 0 fully saturated rings. The summed E-state index contributed by atoms with van der Waals surface area (Å²) in [4.78, 5) is 31.9. The number of H-pyrrole nitrogens is 1. The van der Waals surface area contributed by atoms with Crippen molar-refractivity contribution in [1.29, 1.82) is 0 Å². The van der Waals surface area contributed by atoms with Gasteiger partial charge in [-0.3, -0.25) is 4.79 Å². The van der Waals surface area contributed by atoms with Gasteiger partial charge in [0.05, 0.1) is 5.39 Å². The molecule has 0 aliphatic carbocycles. The first-order valence-corrected chi connectivity index (χ1v) is 8.59. The second-order valence-corrected chi connectivity index (χ2v) is 7.11. The lowest BCUT2D eigenvalue weighted by Gasteiger charge is -2.05. The van der Waals surface area contributed by atoms with Gasteiger partial charge in [0.15, 0.2) is 0 Å². The SMILES string of the molecule is Cc1nc2sc(C(=O)OCc3ccc(Br)cc3F)c(C)c2c(=O)[nH]1. The molecule has 0 radical (unpaired) electrons. The highest BCUT2D eigenvalue weighted by Gasteiger charge is 2.20. The molecule has 0 aliphatic heterocycles. The van der Waals surface area contributed by atoms with Gasteiger partial charge in [-0.15, -0.1) is 11.3 Å². The molecule has 1 N–H and O–H groups in total. The highest BCUT2D eigenvalue weighted by atomic mass is 79.9. The summed E-state index contributed by atoms with van der Waals surface area (Å²) in [6, 6.07) is 4.52. The predicted molar refractivity (Wildman–Crippen MR) is 92.9 cm³/mol. The standard InChI is InChI=1S/C16H12BrFN2O3S/c1-7-12-14(21)19-8(2)20-15(12)24-13(7)16(22)23-6-9-3-4-10(17)5-11(9)18/h3-5H,6H2,1-2H3,(H,19,20,21). The number of hydrogen-bond donors (Lipinski definition) is 1. The molecule has 2 heterocycles. The van der Waals surface area contributed by atoms with Crippen molar-refractivity contribution in [3.05, 3.63) is 60.7 Å². The van der Waals surface area contributed by atoms with E-state index in [9.17, 15) is 14.0 Å². The molecular weight excluding hydrogens is 399 g/mol. The van der Waals surface area contributed by atoms with Gasteiger partial charge >= 0.3 is 5.97 Å². The lowest BCUT2D eigenvalue weighted by Crippen LogP contribution is -2.10. The Balaban J connectivity index is 1.88. The number of nitrogens with one attached hydrogen (secondary N) is 1. The fourth-order valence-electron chi connectivity index (χ4n) is 2.29. The van der Waals surface area contributed by atoms with Crippen LogP contribution in [0.15, 0.2) is 27.5 Å². The molecule has 0 saturated carbocycles. The molecule has 0 bridgehead atoms. The summed E-state index contributed by atoms with van der Waals surface area (Å²) in [6.45, 7) is 3.15. The van der Waals surface area contributed by atoms with E-state index in [4.69, 9.17) is 4.74 Å². The Morgan fingerprint density at radius 2 is 2.17 bits per heavy atom. The monoisotopic (exact) mass is 410 g/mol. The lowest BCUT2D eigenvalue weighted by molar-refractivity contribution is 0.0474. The number of hydrogen-bond acceptors (Lipinski definition) is 5. The minimum absolute atomic E-state index is 0.186. The molecule has 0 unspecified atom stereocenters. The van der Waals surface area contributed by atoms with Crippen molar-refractivity contribution < 1.29 is 13.9 Å². The van der Waals surface area contributed by atoms with E-state index < -0.39 is 11.8 Å². The van der Waals surface area contributed by atoms with Crippen molar-refractivity contribution in [3.63, 3.8) is 0 Å². The molecule has 0 atom stereocenters. The van der Waals surface area contributed by atoms with Crippen molar-refractivity contribution >= 4 is 43.5 Å². The van der Waals surface area contributed by atoms with Crippen molar-refractivity contribution in [2.24, 2.45) is 0 Å². The van der Waals surface area contributed by atoms with Gasteiger partial charge in [-0.25, -0.2) is 14.2 Å². The number of aromatic nitrogens is 2. The predicted octanol–water partition coefficient (Wildman–Crippen LogP) is 3.86. The number of halogens is 2. The van der Waals surface area contributed by atoms with Crippen LogP contribution in [0.4, 0.5) is 4.39 Å². The van der Waals surface area contributed by atoms with Crippen LogP contribution in [0.2, 0.25) is 0 Å². The van der Waals surface area contributed by atoms with E-state index in [0.717, 1.165) is 11.3 Å². The summed E-state index contributed by atoms with van der Waals surface area (Å²) in [6.07, 6.45) is 0. The van der Waals surface area contributed by atoms with Crippen LogP contribution in [0.1, 0.15) is 26.6 Å². The number of nitrogens with zero attached hydrogens (tertiary/aromatic N) is 1. The number of rotatable bonds is 3. The largest absolute Gasteiger partial charge is 0.457 e. The Morgan fingerprint density at radius 3 is 2.88 bits per heavy atom. The third-order valence-electron chi connectivity index (χ3n) is 3.48. The molecule has 3 rings (SSSR count). The minimum Gasteiger partial charge on any atom is -0.457 e. The van der Waals surface area contributed by atoms with Gasteiger partial charge < -0.3 is 9.72 Å². The normalized spacial score (nSPS) is 11.0. The van der Waals surface area contributed by atoms with Crippen LogP contribution in [0.3, 0.4) is 0 Å². The van der Waals surface area contributed by atoms with E-state index in [0.29, 0.717) is 31.0 Å². The molecule has 124 valence electrons. The first-order chi connectivity index (χ1) is 11.4. The van der Waals surface area contributed by atoms with Crippen molar-refractivity contribution in [2.45, 2.75) is 20.5 Å². The zero-order valence-electron chi connectivity index (χ0n) is 12.8. The molecule has 3 aromatic rings. The zero-order chi connectivity index (χ0) is 17.4. The Kier molecular flexibility index (Phi) is 4.51. The van der Waals surface area contributed by atoms with Gasteiger partial charge in [0.25, 0.3) is 5.56 Å². The number of thiophene rings is 1. The summed E-state index contributed by atoms with van der Waals surface area (Å²) in [7, 11) is 0. The lowest BCUT2D eigenvalue weighted by atomic mass is 10.2. The number of carbonyl (C=O) groups excluding carboxylic acids is 1. The summed E-state index contributed by atoms with van der Waals surface area (Å²) in [5.41, 5.74) is 0.506. The Morgan fingerprint density at radius 1 is 1.42 bits per heavy atom. The topological polar surface area (TPSA) is 72.0 Å². The summed E-state index contributed by atoms with van der Waals surface area (Å²) in [5.74, 6) is -0.584. The number of fused-ring (bicyclic) bond motifs is 1. The van der Waals surface area contributed by atoms with Crippen LogP contribution in [-0.4, -0.2) is 15.9 Å². The molecule has 8 heteroatoms. The van der Waals surface area contributed by atoms with E-state index in [-0.39, 0.29) is 17.7 Å². The summed E-state index contributed by atoms with van der Waals surface area (Å²) >= 11 is 4.26. The van der Waals surface area contributed by atoms with Crippen molar-refractivity contribution in [2.75, 3.05) is 0 Å². The third kappa shape index (κ3) is 3.11. The Hall–Kier alpha value is -2.06. The van der Waals surface area contributed by atoms with Crippen LogP contribution >= 0.6 is 27.3 Å². The number of carbonyl (C=O) groups is 1. The number of benzene rings is 1. The molecule has 0 aliphatic rings. The number of aryl methyl sites for hydroxylation is 2. The molecule has 2 aromatic heterocycles. The third-order valence-corrected chi connectivity index (χ3v) is 5.14. The van der Waals surface area contributed by atoms with Crippen molar-refractivity contribution in [1.82, 2.24) is 9.97 Å². The van der Waals surface area contributed by atoms with E-state index in [2.05, 4.69) is 25.9 Å². The van der Waals surface area contributed by atoms with Crippen LogP contribution in [0.5, 0.6) is 0 Å². The number of aromatic amines is 1. The highest BCUT2D eigenvalue weighted by Crippen LogP contribution is 2.28. The first kappa shape index (κ1) is 16.8. The van der Waals surface area contributed by atoms with Gasteiger partial charge in [0, 0.05) is 10.0 Å². The molecule has 24 heavy (non-hydrogen) atoms. The zero-order valence-corrected chi connectivity index (χ0v) is 15.2. The van der Waals surface area contributed by atoms with Gasteiger partial charge in [-0.2, -0.15) is 0 Å². The van der Waals surface area contributed by atoms with Crippen LogP contribution in [-0.2, 0) is 11.3 Å². The maximum atomic E-state index is 13.8. The number of ether oxygens (including phenoxy) is 1. The minimum atomic E-state index is -0.602. The van der Waals surface area contributed by atoms with Crippen LogP contribution in [0, 0.1) is 19.7 Å². The second-order valence-electron chi connectivity index (χ2n) is 5.20. The molecule has 1 aromatic carbocycles. The molecule has 5 nitrogen and oxygen atoms in total. The van der Waals surface area contributed by atoms with E-state index in [1.54, 1.807) is 26.0 Å². The van der Waals surface area contributed by atoms with Gasteiger partial charge in [-0.1, -0.05) is 22.0 Å². The van der Waals surface area contributed by atoms with Crippen molar-refractivity contribution in [3.8, 4) is 0 Å². The number of esters is 1. The highest BCUT2D eigenvalue weighted by molar-refractivity contribution is 9.10.